The van der Waals surface area contributed by atoms with Crippen LogP contribution in [0.25, 0.3) is 0 Å². The highest BCUT2D eigenvalue weighted by atomic mass is 16.5. The topological polar surface area (TPSA) is 46.5 Å². The third kappa shape index (κ3) is 4.34. The van der Waals surface area contributed by atoms with Gasteiger partial charge in [0.1, 0.15) is 6.10 Å². The number of carbonyl (C=O) groups excluding carboxylic acids is 1. The number of rotatable bonds is 6. The Bertz CT molecular complexity index is 863. The second-order valence-electron chi connectivity index (χ2n) is 15.0. The van der Waals surface area contributed by atoms with E-state index in [1.54, 1.807) is 12.5 Å². The highest BCUT2D eigenvalue weighted by Crippen LogP contribution is 2.72. The molecule has 0 amide bonds. The van der Waals surface area contributed by atoms with Gasteiger partial charge in [0.2, 0.25) is 0 Å². The van der Waals surface area contributed by atoms with Crippen molar-refractivity contribution < 1.29 is 14.6 Å². The van der Waals surface area contributed by atoms with Gasteiger partial charge in [0.05, 0.1) is 5.60 Å². The van der Waals surface area contributed by atoms with Crippen molar-refractivity contribution >= 4 is 5.97 Å². The average Bonchev–Trinajstić information content (AvgIpc) is 3.00. The summed E-state index contributed by atoms with van der Waals surface area (Å²) in [5.74, 6) is 1.95. The van der Waals surface area contributed by atoms with Crippen LogP contribution >= 0.6 is 0 Å². The van der Waals surface area contributed by atoms with Crippen LogP contribution in [0.3, 0.4) is 0 Å². The minimum atomic E-state index is -0.547. The zero-order valence-corrected chi connectivity index (χ0v) is 24.4. The molecule has 0 radical (unpaired) electrons. The highest BCUT2D eigenvalue weighted by Gasteiger charge is 2.63. The molecule has 200 valence electrons. The van der Waals surface area contributed by atoms with Crippen LogP contribution < -0.4 is 0 Å². The molecule has 0 saturated heterocycles. The minimum absolute atomic E-state index is 0.0199. The monoisotopic (exact) mass is 486 g/mol. The molecule has 7 atom stereocenters. The maximum Gasteiger partial charge on any atom is 0.302 e. The molecule has 0 spiro atoms. The molecule has 0 aromatic heterocycles. The molecule has 2 fully saturated rings. The Morgan fingerprint density at radius 2 is 1.71 bits per heavy atom. The van der Waals surface area contributed by atoms with Crippen LogP contribution in [0.4, 0.5) is 0 Å². The Balaban J connectivity index is 1.59. The number of allylic oxidation sites excluding steroid dienone is 2. The van der Waals surface area contributed by atoms with E-state index in [0.29, 0.717) is 16.7 Å². The molecule has 0 aromatic rings. The first kappa shape index (κ1) is 27.2. The van der Waals surface area contributed by atoms with Gasteiger partial charge in [-0.1, -0.05) is 65.5 Å². The lowest BCUT2D eigenvalue weighted by atomic mass is 9.43. The fraction of sp³-hybridized carbons (Fsp3) is 0.906. The summed E-state index contributed by atoms with van der Waals surface area (Å²) in [6.45, 7) is 20.5. The molecular weight excluding hydrogens is 432 g/mol. The van der Waals surface area contributed by atoms with Crippen LogP contribution in [0.5, 0.6) is 0 Å². The lowest BCUT2D eigenvalue weighted by Crippen LogP contribution is -2.55. The lowest BCUT2D eigenvalue weighted by Gasteiger charge is -2.62. The molecule has 2 unspecified atom stereocenters. The molecule has 4 aliphatic carbocycles. The zero-order valence-electron chi connectivity index (χ0n) is 24.4. The summed E-state index contributed by atoms with van der Waals surface area (Å²) in [6, 6.07) is 0. The van der Waals surface area contributed by atoms with Gasteiger partial charge in [0.15, 0.2) is 0 Å². The van der Waals surface area contributed by atoms with Gasteiger partial charge in [0.25, 0.3) is 0 Å². The molecule has 1 N–H and O–H groups in total. The van der Waals surface area contributed by atoms with E-state index >= 15 is 0 Å². The Kier molecular flexibility index (Phi) is 6.91. The van der Waals surface area contributed by atoms with E-state index in [0.717, 1.165) is 37.5 Å². The predicted molar refractivity (Wildman–Crippen MR) is 144 cm³/mol. The number of aliphatic hydroxyl groups is 1. The van der Waals surface area contributed by atoms with Crippen molar-refractivity contribution in [2.45, 2.75) is 145 Å². The first-order chi connectivity index (χ1) is 16.1. The predicted octanol–water partition coefficient (Wildman–Crippen LogP) is 8.24. The minimum Gasteiger partial charge on any atom is -0.462 e. The Hall–Kier alpha value is -0.830. The summed E-state index contributed by atoms with van der Waals surface area (Å²) in [6.07, 6.45) is 13.2. The summed E-state index contributed by atoms with van der Waals surface area (Å²) in [4.78, 5) is 11.8. The van der Waals surface area contributed by atoms with Crippen molar-refractivity contribution in [2.24, 2.45) is 39.4 Å². The van der Waals surface area contributed by atoms with Gasteiger partial charge < -0.3 is 9.84 Å². The standard InChI is InChI=1S/C32H54O3/c1-21(11-10-17-28(3,4)34)23-14-19-32(9)25-12-13-26-29(5,6)27(35-22(2)33)16-18-30(26,7)24(25)15-20-31(23,32)8/h21,23,26-27,34H,10-20H2,1-9H3/t21-,23?,26?,27+,30-,31-,32+/m1/s1. The summed E-state index contributed by atoms with van der Waals surface area (Å²) >= 11 is 0. The number of carbonyl (C=O) groups is 1. The van der Waals surface area contributed by atoms with Crippen molar-refractivity contribution in [2.75, 3.05) is 0 Å². The van der Waals surface area contributed by atoms with Crippen molar-refractivity contribution in [1.82, 2.24) is 0 Å². The van der Waals surface area contributed by atoms with Crippen molar-refractivity contribution in [1.29, 1.82) is 0 Å². The molecule has 2 saturated carbocycles. The van der Waals surface area contributed by atoms with Crippen LogP contribution in [0.1, 0.15) is 133 Å². The number of hydrogen-bond donors (Lipinski definition) is 1. The Morgan fingerprint density at radius 3 is 2.34 bits per heavy atom. The molecule has 0 aromatic carbocycles. The fourth-order valence-electron chi connectivity index (χ4n) is 10.1. The van der Waals surface area contributed by atoms with E-state index in [1.165, 1.54) is 44.9 Å². The third-order valence-corrected chi connectivity index (χ3v) is 12.2. The molecule has 3 nitrogen and oxygen atoms in total. The van der Waals surface area contributed by atoms with Crippen LogP contribution in [-0.4, -0.2) is 22.8 Å². The lowest BCUT2D eigenvalue weighted by molar-refractivity contribution is -0.167. The number of hydrogen-bond acceptors (Lipinski definition) is 3. The molecule has 0 aliphatic heterocycles. The Morgan fingerprint density at radius 1 is 1.03 bits per heavy atom. The van der Waals surface area contributed by atoms with Gasteiger partial charge in [-0.3, -0.25) is 4.79 Å². The molecule has 0 heterocycles. The van der Waals surface area contributed by atoms with Gasteiger partial charge in [-0.15, -0.1) is 0 Å². The third-order valence-electron chi connectivity index (χ3n) is 12.2. The van der Waals surface area contributed by atoms with Crippen molar-refractivity contribution in [3.8, 4) is 0 Å². The summed E-state index contributed by atoms with van der Waals surface area (Å²) < 4.78 is 5.86. The van der Waals surface area contributed by atoms with Crippen LogP contribution in [0, 0.1) is 39.4 Å². The second-order valence-corrected chi connectivity index (χ2v) is 15.0. The molecular formula is C32H54O3. The molecule has 3 heteroatoms. The molecule has 0 bridgehead atoms. The first-order valence-electron chi connectivity index (χ1n) is 14.7. The largest absolute Gasteiger partial charge is 0.462 e. The average molecular weight is 487 g/mol. The maximum atomic E-state index is 11.8. The van der Waals surface area contributed by atoms with E-state index in [1.807, 2.05) is 19.4 Å². The Labute approximate surface area is 215 Å². The van der Waals surface area contributed by atoms with E-state index in [2.05, 4.69) is 41.5 Å². The van der Waals surface area contributed by atoms with Gasteiger partial charge >= 0.3 is 5.97 Å². The number of fused-ring (bicyclic) bond motifs is 4. The highest BCUT2D eigenvalue weighted by molar-refractivity contribution is 5.66. The van der Waals surface area contributed by atoms with Gasteiger partial charge in [-0.2, -0.15) is 0 Å². The molecule has 35 heavy (non-hydrogen) atoms. The van der Waals surface area contributed by atoms with Crippen LogP contribution in [0.2, 0.25) is 0 Å². The number of ether oxygens (including phenoxy) is 1. The summed E-state index contributed by atoms with van der Waals surface area (Å²) in [5.41, 5.74) is 4.06. The summed E-state index contributed by atoms with van der Waals surface area (Å²) in [5, 5.41) is 10.2. The zero-order chi connectivity index (χ0) is 26.0. The van der Waals surface area contributed by atoms with Crippen molar-refractivity contribution in [3.63, 3.8) is 0 Å². The second kappa shape index (κ2) is 8.88. The smallest absolute Gasteiger partial charge is 0.302 e. The van der Waals surface area contributed by atoms with E-state index < -0.39 is 5.60 Å². The summed E-state index contributed by atoms with van der Waals surface area (Å²) in [7, 11) is 0. The van der Waals surface area contributed by atoms with Crippen molar-refractivity contribution in [3.05, 3.63) is 11.1 Å². The van der Waals surface area contributed by atoms with E-state index in [9.17, 15) is 9.90 Å². The quantitative estimate of drug-likeness (QED) is 0.304. The molecule has 4 rings (SSSR count). The molecule has 4 aliphatic rings. The number of esters is 1. The first-order valence-corrected chi connectivity index (χ1v) is 14.7. The fourth-order valence-corrected chi connectivity index (χ4v) is 10.1. The van der Waals surface area contributed by atoms with Crippen LogP contribution in [0.15, 0.2) is 11.1 Å². The SMILES string of the molecule is CC(=O)O[C@H]1CC[C@]2(C)C3=C(CCC2C1(C)C)[C@]1(C)CCC([C@H](C)CCCC(C)(C)O)[C@@]1(C)CC3. The maximum absolute atomic E-state index is 11.8. The van der Waals surface area contributed by atoms with E-state index in [-0.39, 0.29) is 22.9 Å². The van der Waals surface area contributed by atoms with Gasteiger partial charge in [-0.25, -0.2) is 0 Å². The van der Waals surface area contributed by atoms with Gasteiger partial charge in [0, 0.05) is 12.3 Å². The van der Waals surface area contributed by atoms with Gasteiger partial charge in [-0.05, 0) is 106 Å². The normalized spacial score (nSPS) is 41.6. The van der Waals surface area contributed by atoms with Crippen LogP contribution in [-0.2, 0) is 9.53 Å². The van der Waals surface area contributed by atoms with E-state index in [4.69, 9.17) is 4.74 Å².